The molecule has 2 nitrogen and oxygen atoms in total. The number of thiophene rings is 2. The van der Waals surface area contributed by atoms with Gasteiger partial charge in [-0.1, -0.05) is 109 Å². The monoisotopic (exact) mass is 698 g/mol. The fourth-order valence-corrected chi connectivity index (χ4v) is 11.0. The van der Waals surface area contributed by atoms with Crippen molar-refractivity contribution in [3.8, 4) is 33.4 Å². The van der Waals surface area contributed by atoms with Gasteiger partial charge in [0.1, 0.15) is 22.3 Å². The maximum atomic E-state index is 6.76. The summed E-state index contributed by atoms with van der Waals surface area (Å²) in [6.07, 6.45) is 0. The minimum atomic E-state index is 0.911. The third-order valence-corrected chi connectivity index (χ3v) is 13.2. The first-order valence-electron chi connectivity index (χ1n) is 17.5. The van der Waals surface area contributed by atoms with Crippen LogP contribution in [0.2, 0.25) is 0 Å². The van der Waals surface area contributed by atoms with Crippen molar-refractivity contribution in [1.82, 2.24) is 0 Å². The largest absolute Gasteiger partial charge is 0.456 e. The Kier molecular flexibility index (Phi) is 5.84. The van der Waals surface area contributed by atoms with Gasteiger partial charge in [0.05, 0.1) is 0 Å². The summed E-state index contributed by atoms with van der Waals surface area (Å²) in [5, 5.41) is 9.82. The van der Waals surface area contributed by atoms with Crippen LogP contribution in [0.5, 0.6) is 0 Å². The second-order valence-corrected chi connectivity index (χ2v) is 15.6. The average molecular weight is 699 g/mol. The van der Waals surface area contributed by atoms with Crippen LogP contribution in [-0.2, 0) is 0 Å². The van der Waals surface area contributed by atoms with Crippen molar-refractivity contribution in [2.75, 3.05) is 0 Å². The number of furan rings is 2. The molecule has 0 saturated carbocycles. The highest BCUT2D eigenvalue weighted by atomic mass is 32.1. The van der Waals surface area contributed by atoms with Gasteiger partial charge in [-0.05, 0) is 76.3 Å². The van der Waals surface area contributed by atoms with Crippen LogP contribution in [0, 0.1) is 0 Å². The molecule has 0 aliphatic rings. The predicted octanol–water partition coefficient (Wildman–Crippen LogP) is 15.2. The van der Waals surface area contributed by atoms with Crippen LogP contribution < -0.4 is 0 Å². The van der Waals surface area contributed by atoms with Crippen molar-refractivity contribution in [2.24, 2.45) is 0 Å². The number of rotatable bonds is 3. The second kappa shape index (κ2) is 10.7. The molecule has 4 heterocycles. The smallest absolute Gasteiger partial charge is 0.143 e. The molecular formula is C48H26O2S2. The Balaban J connectivity index is 1.00. The number of benzene rings is 8. The van der Waals surface area contributed by atoms with E-state index >= 15 is 0 Å². The topological polar surface area (TPSA) is 26.3 Å². The van der Waals surface area contributed by atoms with Crippen LogP contribution in [0.25, 0.3) is 118 Å². The van der Waals surface area contributed by atoms with Crippen molar-refractivity contribution in [2.45, 2.75) is 0 Å². The van der Waals surface area contributed by atoms with Crippen LogP contribution in [0.4, 0.5) is 0 Å². The van der Waals surface area contributed by atoms with Gasteiger partial charge < -0.3 is 8.83 Å². The molecule has 4 aromatic heterocycles. The van der Waals surface area contributed by atoms with Crippen molar-refractivity contribution in [3.63, 3.8) is 0 Å². The molecule has 0 aliphatic heterocycles. The zero-order valence-corrected chi connectivity index (χ0v) is 29.3. The summed E-state index contributed by atoms with van der Waals surface area (Å²) in [4.78, 5) is 0. The Bertz CT molecular complexity index is 3420. The van der Waals surface area contributed by atoms with E-state index in [0.717, 1.165) is 44.2 Å². The van der Waals surface area contributed by atoms with E-state index in [4.69, 9.17) is 8.83 Å². The number of para-hydroxylation sites is 2. The maximum Gasteiger partial charge on any atom is 0.143 e. The van der Waals surface area contributed by atoms with Gasteiger partial charge in [-0.15, -0.1) is 22.7 Å². The number of hydrogen-bond donors (Lipinski definition) is 0. The molecule has 0 N–H and O–H groups in total. The van der Waals surface area contributed by atoms with E-state index in [9.17, 15) is 0 Å². The summed E-state index contributed by atoms with van der Waals surface area (Å²) < 4.78 is 18.2. The Morgan fingerprint density at radius 1 is 0.327 bits per heavy atom. The average Bonchev–Trinajstić information content (AvgIpc) is 3.97. The van der Waals surface area contributed by atoms with Gasteiger partial charge >= 0.3 is 0 Å². The molecule has 0 unspecified atom stereocenters. The van der Waals surface area contributed by atoms with E-state index in [0.29, 0.717) is 0 Å². The van der Waals surface area contributed by atoms with Crippen molar-refractivity contribution < 1.29 is 8.83 Å². The quantitative estimate of drug-likeness (QED) is 0.184. The van der Waals surface area contributed by atoms with Gasteiger partial charge in [0.15, 0.2) is 0 Å². The van der Waals surface area contributed by atoms with E-state index in [1.807, 2.05) is 28.7 Å². The van der Waals surface area contributed by atoms with Crippen molar-refractivity contribution >= 4 is 107 Å². The molecular weight excluding hydrogens is 673 g/mol. The molecule has 0 radical (unpaired) electrons. The lowest BCUT2D eigenvalue weighted by atomic mass is 9.95. The molecule has 0 fully saturated rings. The first-order chi connectivity index (χ1) is 25.8. The molecule has 8 aromatic carbocycles. The van der Waals surface area contributed by atoms with Crippen molar-refractivity contribution in [1.29, 1.82) is 0 Å². The van der Waals surface area contributed by atoms with Gasteiger partial charge in [0.25, 0.3) is 0 Å². The lowest BCUT2D eigenvalue weighted by Crippen LogP contribution is -1.84. The summed E-state index contributed by atoms with van der Waals surface area (Å²) in [7, 11) is 0. The molecule has 0 aliphatic carbocycles. The molecule has 0 spiro atoms. The molecule has 0 bridgehead atoms. The highest BCUT2D eigenvalue weighted by Crippen LogP contribution is 2.48. The third kappa shape index (κ3) is 3.99. The van der Waals surface area contributed by atoms with Gasteiger partial charge in [0, 0.05) is 67.5 Å². The minimum absolute atomic E-state index is 0.911. The normalized spacial score (nSPS) is 12.2. The molecule has 0 amide bonds. The van der Waals surface area contributed by atoms with Gasteiger partial charge in [-0.3, -0.25) is 0 Å². The first kappa shape index (κ1) is 28.5. The standard InChI is InChI=1S/C48H26O2S2/c1-3-19-39-37(14-1)43-40(49-39)23-21-35-36-22-24-41-44(48(36)52-47(35)43)38-18-7-15-31(45(38)50-41)29-11-5-9-27(25-29)28-10-6-12-30(26-28)32-16-8-17-34-33-13-2-4-20-42(33)51-46(32)34/h1-26H. The van der Waals surface area contributed by atoms with Gasteiger partial charge in [0.2, 0.25) is 0 Å². The highest BCUT2D eigenvalue weighted by Gasteiger charge is 2.20. The van der Waals surface area contributed by atoms with Crippen LogP contribution in [0.1, 0.15) is 0 Å². The van der Waals surface area contributed by atoms with Gasteiger partial charge in [-0.25, -0.2) is 0 Å². The van der Waals surface area contributed by atoms with E-state index in [1.165, 1.54) is 73.4 Å². The van der Waals surface area contributed by atoms with Gasteiger partial charge in [-0.2, -0.15) is 0 Å². The summed E-state index contributed by atoms with van der Waals surface area (Å²) in [5.74, 6) is 0. The Morgan fingerprint density at radius 3 is 1.67 bits per heavy atom. The Labute approximate surface area is 305 Å². The molecule has 52 heavy (non-hydrogen) atoms. The SMILES string of the molecule is c1cc(-c2cccc(-c3cccc4c3sc3ccccc34)c2)cc(-c2cccc3c2oc2ccc4c5ccc6oc7ccccc7c6c5sc4c23)c1. The van der Waals surface area contributed by atoms with E-state index < -0.39 is 0 Å². The van der Waals surface area contributed by atoms with Crippen LogP contribution >= 0.6 is 22.7 Å². The summed E-state index contributed by atoms with van der Waals surface area (Å²) in [6.45, 7) is 0. The number of hydrogen-bond acceptors (Lipinski definition) is 4. The highest BCUT2D eigenvalue weighted by molar-refractivity contribution is 7.28. The minimum Gasteiger partial charge on any atom is -0.456 e. The predicted molar refractivity (Wildman–Crippen MR) is 223 cm³/mol. The summed E-state index contributed by atoms with van der Waals surface area (Å²) in [6, 6.07) is 56.8. The molecule has 0 atom stereocenters. The van der Waals surface area contributed by atoms with E-state index in [-0.39, 0.29) is 0 Å². The van der Waals surface area contributed by atoms with Crippen LogP contribution in [0.15, 0.2) is 167 Å². The lowest BCUT2D eigenvalue weighted by molar-refractivity contribution is 0.669. The zero-order chi connectivity index (χ0) is 33.9. The summed E-state index contributed by atoms with van der Waals surface area (Å²) in [5.41, 5.74) is 10.8. The maximum absolute atomic E-state index is 6.76. The van der Waals surface area contributed by atoms with E-state index in [1.54, 1.807) is 0 Å². The molecule has 242 valence electrons. The Morgan fingerprint density at radius 2 is 0.885 bits per heavy atom. The fraction of sp³-hybridized carbons (Fsp3) is 0. The van der Waals surface area contributed by atoms with E-state index in [2.05, 4.69) is 152 Å². The molecule has 4 heteroatoms. The third-order valence-electron chi connectivity index (χ3n) is 10.7. The molecule has 0 saturated heterocycles. The number of fused-ring (bicyclic) bond motifs is 14. The fourth-order valence-electron chi connectivity index (χ4n) is 8.32. The summed E-state index contributed by atoms with van der Waals surface area (Å²) >= 11 is 3.72. The van der Waals surface area contributed by atoms with Crippen molar-refractivity contribution in [3.05, 3.63) is 158 Å². The Hall–Kier alpha value is -6.20. The molecule has 12 rings (SSSR count). The van der Waals surface area contributed by atoms with Crippen LogP contribution in [-0.4, -0.2) is 0 Å². The lowest BCUT2D eigenvalue weighted by Gasteiger charge is -2.09. The van der Waals surface area contributed by atoms with Crippen LogP contribution in [0.3, 0.4) is 0 Å². The second-order valence-electron chi connectivity index (χ2n) is 13.6. The zero-order valence-electron chi connectivity index (χ0n) is 27.6. The first-order valence-corrected chi connectivity index (χ1v) is 19.1. The molecule has 12 aromatic rings.